The summed E-state index contributed by atoms with van der Waals surface area (Å²) in [4.78, 5) is 1.97. The highest BCUT2D eigenvalue weighted by Gasteiger charge is 2.03. The van der Waals surface area contributed by atoms with Gasteiger partial charge in [-0.25, -0.2) is 0 Å². The molecule has 0 unspecified atom stereocenters. The first-order valence-electron chi connectivity index (χ1n) is 3.06. The van der Waals surface area contributed by atoms with Crippen molar-refractivity contribution in [2.75, 3.05) is 26.2 Å². The number of piperazine rings is 1. The second kappa shape index (κ2) is 3.29. The minimum absolute atomic E-state index is 0.935. The van der Waals surface area contributed by atoms with E-state index in [0.717, 1.165) is 26.2 Å². The number of hydrogen-bond donors (Lipinski definition) is 2. The Morgan fingerprint density at radius 1 is 1.44 bits per heavy atom. The summed E-state index contributed by atoms with van der Waals surface area (Å²) >= 11 is 0. The van der Waals surface area contributed by atoms with Crippen LogP contribution in [-0.2, 0) is 0 Å². The van der Waals surface area contributed by atoms with E-state index >= 15 is 0 Å². The van der Waals surface area contributed by atoms with Gasteiger partial charge in [-0.15, -0.1) is 0 Å². The molecule has 0 aliphatic carbocycles. The van der Waals surface area contributed by atoms with Gasteiger partial charge in [0.05, 0.1) is 0 Å². The molecule has 4 nitrogen and oxygen atoms in total. The standard InChI is InChI=1S/C5H11N3O/c9-7-5-8-3-1-6-2-4-8/h5-6,9H,1-4H2/b7-5+. The van der Waals surface area contributed by atoms with E-state index in [1.54, 1.807) is 0 Å². The second-order valence-electron chi connectivity index (χ2n) is 2.02. The fraction of sp³-hybridized carbons (Fsp3) is 0.800. The highest BCUT2D eigenvalue weighted by atomic mass is 16.4. The first-order valence-corrected chi connectivity index (χ1v) is 3.06. The lowest BCUT2D eigenvalue weighted by Gasteiger charge is -2.23. The summed E-state index contributed by atoms with van der Waals surface area (Å²) in [7, 11) is 0. The van der Waals surface area contributed by atoms with Crippen molar-refractivity contribution in [2.45, 2.75) is 0 Å². The van der Waals surface area contributed by atoms with Crippen LogP contribution in [-0.4, -0.2) is 42.6 Å². The van der Waals surface area contributed by atoms with E-state index in [4.69, 9.17) is 5.21 Å². The minimum atomic E-state index is 0.935. The molecule has 0 radical (unpaired) electrons. The zero-order valence-electron chi connectivity index (χ0n) is 5.25. The van der Waals surface area contributed by atoms with Crippen molar-refractivity contribution in [3.63, 3.8) is 0 Å². The Morgan fingerprint density at radius 3 is 2.67 bits per heavy atom. The van der Waals surface area contributed by atoms with Crippen molar-refractivity contribution < 1.29 is 5.21 Å². The Balaban J connectivity index is 2.23. The van der Waals surface area contributed by atoms with E-state index in [2.05, 4.69) is 10.5 Å². The molecule has 0 amide bonds. The summed E-state index contributed by atoms with van der Waals surface area (Å²) in [6.07, 6.45) is 1.46. The molecule has 0 aromatic heterocycles. The van der Waals surface area contributed by atoms with Crippen molar-refractivity contribution in [1.82, 2.24) is 10.2 Å². The van der Waals surface area contributed by atoms with E-state index in [0.29, 0.717) is 0 Å². The highest BCUT2D eigenvalue weighted by Crippen LogP contribution is 1.85. The van der Waals surface area contributed by atoms with Crippen molar-refractivity contribution in [3.8, 4) is 0 Å². The third-order valence-electron chi connectivity index (χ3n) is 1.37. The van der Waals surface area contributed by atoms with Crippen LogP contribution in [0.4, 0.5) is 0 Å². The average Bonchev–Trinajstić information content (AvgIpc) is 1.91. The van der Waals surface area contributed by atoms with E-state index in [9.17, 15) is 0 Å². The topological polar surface area (TPSA) is 47.9 Å². The van der Waals surface area contributed by atoms with Crippen LogP contribution < -0.4 is 5.32 Å². The molecular formula is C5H11N3O. The van der Waals surface area contributed by atoms with Crippen LogP contribution >= 0.6 is 0 Å². The quantitative estimate of drug-likeness (QED) is 0.213. The predicted octanol–water partition coefficient (Wildman–Crippen LogP) is -0.691. The normalized spacial score (nSPS) is 21.1. The van der Waals surface area contributed by atoms with Crippen LogP contribution in [0.5, 0.6) is 0 Å². The zero-order chi connectivity index (χ0) is 6.53. The van der Waals surface area contributed by atoms with E-state index in [-0.39, 0.29) is 0 Å². The maximum Gasteiger partial charge on any atom is 0.130 e. The minimum Gasteiger partial charge on any atom is -0.410 e. The van der Waals surface area contributed by atoms with Crippen LogP contribution in [0.2, 0.25) is 0 Å². The van der Waals surface area contributed by atoms with E-state index in [1.165, 1.54) is 6.34 Å². The Hall–Kier alpha value is -0.770. The maximum absolute atomic E-state index is 8.13. The number of nitrogens with zero attached hydrogens (tertiary/aromatic N) is 2. The summed E-state index contributed by atoms with van der Waals surface area (Å²) in [5, 5.41) is 14.2. The Bertz CT molecular complexity index is 98.4. The first kappa shape index (κ1) is 6.35. The smallest absolute Gasteiger partial charge is 0.130 e. The lowest BCUT2D eigenvalue weighted by Crippen LogP contribution is -2.42. The Morgan fingerprint density at radius 2 is 2.11 bits per heavy atom. The molecule has 1 heterocycles. The molecule has 0 aromatic carbocycles. The van der Waals surface area contributed by atoms with E-state index < -0.39 is 0 Å². The van der Waals surface area contributed by atoms with Crippen LogP contribution in [0.3, 0.4) is 0 Å². The lowest BCUT2D eigenvalue weighted by atomic mass is 10.4. The number of nitrogens with one attached hydrogen (secondary N) is 1. The van der Waals surface area contributed by atoms with Crippen LogP contribution in [0, 0.1) is 0 Å². The molecular weight excluding hydrogens is 118 g/mol. The van der Waals surface area contributed by atoms with Gasteiger partial charge >= 0.3 is 0 Å². The molecule has 0 spiro atoms. The fourth-order valence-electron chi connectivity index (χ4n) is 0.871. The third-order valence-corrected chi connectivity index (χ3v) is 1.37. The van der Waals surface area contributed by atoms with Crippen LogP contribution in [0.15, 0.2) is 5.16 Å². The van der Waals surface area contributed by atoms with Crippen LogP contribution in [0.25, 0.3) is 0 Å². The van der Waals surface area contributed by atoms with Gasteiger partial charge in [0, 0.05) is 26.2 Å². The maximum atomic E-state index is 8.13. The molecule has 4 heteroatoms. The fourth-order valence-corrected chi connectivity index (χ4v) is 0.871. The van der Waals surface area contributed by atoms with Crippen molar-refractivity contribution in [3.05, 3.63) is 0 Å². The lowest BCUT2D eigenvalue weighted by molar-refractivity contribution is 0.297. The van der Waals surface area contributed by atoms with Gasteiger partial charge in [-0.1, -0.05) is 5.16 Å². The number of rotatable bonds is 1. The van der Waals surface area contributed by atoms with Crippen molar-refractivity contribution >= 4 is 6.34 Å². The SMILES string of the molecule is O/N=C/N1CCNCC1. The highest BCUT2D eigenvalue weighted by molar-refractivity contribution is 5.53. The molecule has 1 fully saturated rings. The predicted molar refractivity (Wildman–Crippen MR) is 34.7 cm³/mol. The van der Waals surface area contributed by atoms with Gasteiger partial charge in [-0.05, 0) is 0 Å². The van der Waals surface area contributed by atoms with Gasteiger partial charge < -0.3 is 15.4 Å². The summed E-state index contributed by atoms with van der Waals surface area (Å²) in [6.45, 7) is 3.83. The van der Waals surface area contributed by atoms with E-state index in [1.807, 2.05) is 4.90 Å². The first-order chi connectivity index (χ1) is 4.43. The average molecular weight is 129 g/mol. The van der Waals surface area contributed by atoms with Gasteiger partial charge in [0.25, 0.3) is 0 Å². The molecule has 1 aliphatic heterocycles. The molecule has 1 rings (SSSR count). The molecule has 0 bridgehead atoms. The molecule has 52 valence electrons. The van der Waals surface area contributed by atoms with Gasteiger partial charge in [-0.2, -0.15) is 0 Å². The molecule has 1 saturated heterocycles. The summed E-state index contributed by atoms with van der Waals surface area (Å²) < 4.78 is 0. The summed E-state index contributed by atoms with van der Waals surface area (Å²) in [5.74, 6) is 0. The summed E-state index contributed by atoms with van der Waals surface area (Å²) in [5.41, 5.74) is 0. The van der Waals surface area contributed by atoms with Crippen LogP contribution in [0.1, 0.15) is 0 Å². The van der Waals surface area contributed by atoms with Crippen molar-refractivity contribution in [1.29, 1.82) is 0 Å². The van der Waals surface area contributed by atoms with Gasteiger partial charge in [0.2, 0.25) is 0 Å². The van der Waals surface area contributed by atoms with Gasteiger partial charge in [0.1, 0.15) is 6.34 Å². The number of hydrogen-bond acceptors (Lipinski definition) is 3. The van der Waals surface area contributed by atoms with Crippen molar-refractivity contribution in [2.24, 2.45) is 5.16 Å². The molecule has 1 aliphatic rings. The summed E-state index contributed by atoms with van der Waals surface area (Å²) in [6, 6.07) is 0. The number of oxime groups is 1. The van der Waals surface area contributed by atoms with Gasteiger partial charge in [-0.3, -0.25) is 0 Å². The monoisotopic (exact) mass is 129 g/mol. The third kappa shape index (κ3) is 1.89. The van der Waals surface area contributed by atoms with Gasteiger partial charge in [0.15, 0.2) is 0 Å². The zero-order valence-corrected chi connectivity index (χ0v) is 5.25. The largest absolute Gasteiger partial charge is 0.410 e. The second-order valence-corrected chi connectivity index (χ2v) is 2.02. The molecule has 2 N–H and O–H groups in total. The molecule has 0 atom stereocenters. The molecule has 0 aromatic rings. The molecule has 0 saturated carbocycles. The Kier molecular flexibility index (Phi) is 2.32. The molecule has 9 heavy (non-hydrogen) atoms. The Labute approximate surface area is 54.1 Å².